The summed E-state index contributed by atoms with van der Waals surface area (Å²) in [7, 11) is -3.39. The highest BCUT2D eigenvalue weighted by Crippen LogP contribution is 2.21. The molecule has 25 heavy (non-hydrogen) atoms. The molecule has 1 saturated heterocycles. The summed E-state index contributed by atoms with van der Waals surface area (Å²) in [5.41, 5.74) is 3.83. The Labute approximate surface area is 150 Å². The number of nitrogens with zero attached hydrogens (tertiary/aromatic N) is 2. The first kappa shape index (κ1) is 17.9. The molecule has 1 N–H and O–H groups in total. The summed E-state index contributed by atoms with van der Waals surface area (Å²) in [6, 6.07) is 9.92. The van der Waals surface area contributed by atoms with Crippen LogP contribution in [0.1, 0.15) is 29.5 Å². The van der Waals surface area contributed by atoms with Crippen molar-refractivity contribution in [3.8, 4) is 0 Å². The van der Waals surface area contributed by atoms with Crippen LogP contribution in [0.15, 0.2) is 41.4 Å². The molecule has 0 aliphatic carbocycles. The third kappa shape index (κ3) is 4.38. The van der Waals surface area contributed by atoms with Gasteiger partial charge >= 0.3 is 0 Å². The van der Waals surface area contributed by atoms with Gasteiger partial charge in [-0.2, -0.15) is 4.31 Å². The Morgan fingerprint density at radius 2 is 1.76 bits per heavy atom. The van der Waals surface area contributed by atoms with Crippen molar-refractivity contribution < 1.29 is 8.42 Å². The van der Waals surface area contributed by atoms with Crippen molar-refractivity contribution >= 4 is 15.8 Å². The van der Waals surface area contributed by atoms with Crippen LogP contribution in [0.25, 0.3) is 0 Å². The Morgan fingerprint density at radius 3 is 2.36 bits per heavy atom. The lowest BCUT2D eigenvalue weighted by atomic mass is 10.1. The number of hydrogen-bond acceptors (Lipinski definition) is 4. The second kappa shape index (κ2) is 7.54. The molecular formula is C19H25N3O2S. The summed E-state index contributed by atoms with van der Waals surface area (Å²) >= 11 is 0. The quantitative estimate of drug-likeness (QED) is 0.861. The van der Waals surface area contributed by atoms with Crippen molar-refractivity contribution in [3.63, 3.8) is 0 Å². The topological polar surface area (TPSA) is 62.3 Å². The smallest absolute Gasteiger partial charge is 0.244 e. The molecule has 1 aliphatic rings. The first-order valence-corrected chi connectivity index (χ1v) is 10.2. The number of aromatic nitrogens is 1. The standard InChI is InChI=1S/C19H25N3O2S/c1-15-11-16(2)13-17(12-15)7-8-20-19-6-5-18(14-21-19)25(23,24)22-9-3-4-10-22/h5-6,11-14H,3-4,7-10H2,1-2H3,(H,20,21). The third-order valence-electron chi connectivity index (χ3n) is 4.44. The largest absolute Gasteiger partial charge is 0.370 e. The molecule has 1 fully saturated rings. The van der Waals surface area contributed by atoms with Crippen LogP contribution in [0.4, 0.5) is 5.82 Å². The molecule has 2 heterocycles. The lowest BCUT2D eigenvalue weighted by Crippen LogP contribution is -2.27. The number of pyridine rings is 1. The zero-order valence-corrected chi connectivity index (χ0v) is 15.6. The molecule has 0 spiro atoms. The van der Waals surface area contributed by atoms with Crippen LogP contribution < -0.4 is 5.32 Å². The first-order chi connectivity index (χ1) is 11.9. The Kier molecular flexibility index (Phi) is 5.39. The molecule has 1 aromatic carbocycles. The van der Waals surface area contributed by atoms with E-state index in [0.717, 1.165) is 25.8 Å². The lowest BCUT2D eigenvalue weighted by molar-refractivity contribution is 0.477. The Bertz CT molecular complexity index is 806. The summed E-state index contributed by atoms with van der Waals surface area (Å²) in [6.45, 7) is 6.18. The maximum Gasteiger partial charge on any atom is 0.244 e. The minimum Gasteiger partial charge on any atom is -0.370 e. The Balaban J connectivity index is 1.59. The van der Waals surface area contributed by atoms with Crippen molar-refractivity contribution in [1.82, 2.24) is 9.29 Å². The van der Waals surface area contributed by atoms with Crippen LogP contribution in [-0.2, 0) is 16.4 Å². The molecule has 1 aromatic heterocycles. The Hall–Kier alpha value is -1.92. The number of aryl methyl sites for hydroxylation is 2. The molecule has 2 aromatic rings. The molecule has 3 rings (SSSR count). The maximum absolute atomic E-state index is 12.5. The normalized spacial score (nSPS) is 15.4. The van der Waals surface area contributed by atoms with E-state index in [1.807, 2.05) is 0 Å². The molecule has 5 nitrogen and oxygen atoms in total. The summed E-state index contributed by atoms with van der Waals surface area (Å²) in [4.78, 5) is 4.54. The SMILES string of the molecule is Cc1cc(C)cc(CCNc2ccc(S(=O)(=O)N3CCCC3)cn2)c1. The van der Waals surface area contributed by atoms with E-state index in [0.29, 0.717) is 18.9 Å². The van der Waals surface area contributed by atoms with Gasteiger partial charge in [-0.3, -0.25) is 0 Å². The fourth-order valence-electron chi connectivity index (χ4n) is 3.26. The maximum atomic E-state index is 12.5. The van der Waals surface area contributed by atoms with Crippen molar-refractivity contribution in [2.45, 2.75) is 38.0 Å². The summed E-state index contributed by atoms with van der Waals surface area (Å²) in [6.07, 6.45) is 4.22. The molecule has 0 amide bonds. The minimum atomic E-state index is -3.39. The van der Waals surface area contributed by atoms with Crippen molar-refractivity contribution in [1.29, 1.82) is 0 Å². The highest BCUT2D eigenvalue weighted by atomic mass is 32.2. The van der Waals surface area contributed by atoms with E-state index in [1.165, 1.54) is 27.2 Å². The van der Waals surface area contributed by atoms with Gasteiger partial charge in [0.05, 0.1) is 0 Å². The van der Waals surface area contributed by atoms with Gasteiger partial charge in [0.2, 0.25) is 10.0 Å². The molecule has 0 bridgehead atoms. The van der Waals surface area contributed by atoms with Crippen LogP contribution in [0.3, 0.4) is 0 Å². The van der Waals surface area contributed by atoms with Gasteiger partial charge in [0.25, 0.3) is 0 Å². The summed E-state index contributed by atoms with van der Waals surface area (Å²) < 4.78 is 26.5. The van der Waals surface area contributed by atoms with Crippen LogP contribution in [0.5, 0.6) is 0 Å². The van der Waals surface area contributed by atoms with Crippen LogP contribution in [-0.4, -0.2) is 37.3 Å². The molecule has 0 atom stereocenters. The summed E-state index contributed by atoms with van der Waals surface area (Å²) in [5.74, 6) is 0.699. The van der Waals surface area contributed by atoms with E-state index >= 15 is 0 Å². The molecule has 0 radical (unpaired) electrons. The number of sulfonamides is 1. The monoisotopic (exact) mass is 359 g/mol. The number of anilines is 1. The average molecular weight is 359 g/mol. The van der Waals surface area contributed by atoms with Gasteiger partial charge in [0.1, 0.15) is 10.7 Å². The van der Waals surface area contributed by atoms with Crippen LogP contribution >= 0.6 is 0 Å². The van der Waals surface area contributed by atoms with Gasteiger partial charge in [-0.25, -0.2) is 13.4 Å². The van der Waals surface area contributed by atoms with Crippen molar-refractivity contribution in [2.24, 2.45) is 0 Å². The average Bonchev–Trinajstić information content (AvgIpc) is 3.10. The molecule has 6 heteroatoms. The van der Waals surface area contributed by atoms with Gasteiger partial charge in [-0.1, -0.05) is 29.3 Å². The van der Waals surface area contributed by atoms with Gasteiger partial charge in [0, 0.05) is 25.8 Å². The number of hydrogen-bond donors (Lipinski definition) is 1. The lowest BCUT2D eigenvalue weighted by Gasteiger charge is -2.15. The van der Waals surface area contributed by atoms with Gasteiger partial charge in [-0.05, 0) is 50.8 Å². The highest BCUT2D eigenvalue weighted by molar-refractivity contribution is 7.89. The predicted octanol–water partition coefficient (Wildman–Crippen LogP) is 3.14. The van der Waals surface area contributed by atoms with Crippen molar-refractivity contribution in [2.75, 3.05) is 25.0 Å². The molecule has 0 saturated carbocycles. The highest BCUT2D eigenvalue weighted by Gasteiger charge is 2.27. The van der Waals surface area contributed by atoms with Gasteiger partial charge in [0.15, 0.2) is 0 Å². The van der Waals surface area contributed by atoms with E-state index in [2.05, 4.69) is 42.3 Å². The van der Waals surface area contributed by atoms with E-state index in [1.54, 1.807) is 12.1 Å². The number of nitrogens with one attached hydrogen (secondary N) is 1. The fraction of sp³-hybridized carbons (Fsp3) is 0.421. The fourth-order valence-corrected chi connectivity index (χ4v) is 4.73. The second-order valence-electron chi connectivity index (χ2n) is 6.66. The van der Waals surface area contributed by atoms with Crippen LogP contribution in [0.2, 0.25) is 0 Å². The molecular weight excluding hydrogens is 334 g/mol. The first-order valence-electron chi connectivity index (χ1n) is 8.72. The Morgan fingerprint density at radius 1 is 1.08 bits per heavy atom. The zero-order chi connectivity index (χ0) is 17.9. The van der Waals surface area contributed by atoms with E-state index in [-0.39, 0.29) is 4.90 Å². The van der Waals surface area contributed by atoms with Crippen LogP contribution in [0, 0.1) is 13.8 Å². The third-order valence-corrected chi connectivity index (χ3v) is 6.32. The molecule has 1 aliphatic heterocycles. The zero-order valence-electron chi connectivity index (χ0n) is 14.8. The number of benzene rings is 1. The van der Waals surface area contributed by atoms with E-state index in [4.69, 9.17) is 0 Å². The predicted molar refractivity (Wildman–Crippen MR) is 100 cm³/mol. The van der Waals surface area contributed by atoms with Crippen molar-refractivity contribution in [3.05, 3.63) is 53.2 Å². The van der Waals surface area contributed by atoms with Gasteiger partial charge in [-0.15, -0.1) is 0 Å². The second-order valence-corrected chi connectivity index (χ2v) is 8.60. The summed E-state index contributed by atoms with van der Waals surface area (Å²) in [5, 5.41) is 3.26. The van der Waals surface area contributed by atoms with E-state index < -0.39 is 10.0 Å². The van der Waals surface area contributed by atoms with E-state index in [9.17, 15) is 8.42 Å². The molecule has 134 valence electrons. The molecule has 0 unspecified atom stereocenters. The minimum absolute atomic E-state index is 0.272. The van der Waals surface area contributed by atoms with Gasteiger partial charge < -0.3 is 5.32 Å². The number of rotatable bonds is 6.